The molecule has 0 unspecified atom stereocenters. The zero-order chi connectivity index (χ0) is 21.0. The van der Waals surface area contributed by atoms with E-state index in [-0.39, 0.29) is 23.6 Å². The number of benzene rings is 1. The fourth-order valence-electron chi connectivity index (χ4n) is 2.69. The zero-order valence-corrected chi connectivity index (χ0v) is 18.2. The third kappa shape index (κ3) is 5.21. The molecule has 0 radical (unpaired) electrons. The molecule has 29 heavy (non-hydrogen) atoms. The smallest absolute Gasteiger partial charge is 0.252 e. The molecule has 0 saturated heterocycles. The van der Waals surface area contributed by atoms with Crippen LogP contribution in [0.2, 0.25) is 0 Å². The molecule has 0 aliphatic carbocycles. The van der Waals surface area contributed by atoms with Crippen molar-refractivity contribution in [3.8, 4) is 0 Å². The van der Waals surface area contributed by atoms with Crippen molar-refractivity contribution < 1.29 is 9.59 Å². The number of thioether (sulfide) groups is 1. The summed E-state index contributed by atoms with van der Waals surface area (Å²) in [4.78, 5) is 28.8. The molecule has 0 aliphatic rings. The second-order valence-corrected chi connectivity index (χ2v) is 8.34. The minimum atomic E-state index is -0.332. The first kappa shape index (κ1) is 21.0. The molecule has 1 atom stereocenters. The summed E-state index contributed by atoms with van der Waals surface area (Å²) >= 11 is 2.67. The van der Waals surface area contributed by atoms with Gasteiger partial charge in [-0.15, -0.1) is 21.5 Å². The Morgan fingerprint density at radius 2 is 2.00 bits per heavy atom. The number of nitrogens with one attached hydrogen (secondary N) is 2. The van der Waals surface area contributed by atoms with E-state index < -0.39 is 0 Å². The molecule has 1 aromatic carbocycles. The Morgan fingerprint density at radius 1 is 1.24 bits per heavy atom. The molecule has 8 nitrogen and oxygen atoms in total. The fourth-order valence-corrected chi connectivity index (χ4v) is 4.11. The van der Waals surface area contributed by atoms with Gasteiger partial charge in [-0.1, -0.05) is 30.0 Å². The molecule has 2 aromatic heterocycles. The number of amides is 2. The molecule has 0 saturated carbocycles. The Hall–Kier alpha value is -2.72. The number of nitrogens with zero attached hydrogens (tertiary/aromatic N) is 4. The first-order valence-corrected chi connectivity index (χ1v) is 10.8. The van der Waals surface area contributed by atoms with Crippen LogP contribution in [0.1, 0.15) is 40.4 Å². The maximum Gasteiger partial charge on any atom is 0.252 e. The highest BCUT2D eigenvalue weighted by atomic mass is 32.2. The average Bonchev–Trinajstić information content (AvgIpc) is 3.25. The van der Waals surface area contributed by atoms with Crippen LogP contribution in [0.15, 0.2) is 34.8 Å². The fraction of sp³-hybridized carbons (Fsp3) is 0.316. The second-order valence-electron chi connectivity index (χ2n) is 6.54. The van der Waals surface area contributed by atoms with Crippen LogP contribution in [0.4, 0.5) is 5.13 Å². The molecule has 3 aromatic rings. The molecule has 2 heterocycles. The van der Waals surface area contributed by atoms with Crippen LogP contribution < -0.4 is 10.6 Å². The predicted molar refractivity (Wildman–Crippen MR) is 114 cm³/mol. The van der Waals surface area contributed by atoms with Gasteiger partial charge in [-0.3, -0.25) is 9.59 Å². The number of aromatic nitrogens is 4. The highest BCUT2D eigenvalue weighted by Gasteiger charge is 2.19. The van der Waals surface area contributed by atoms with Gasteiger partial charge in [0.05, 0.1) is 17.5 Å². The van der Waals surface area contributed by atoms with E-state index in [2.05, 4.69) is 25.8 Å². The number of thiazole rings is 1. The summed E-state index contributed by atoms with van der Waals surface area (Å²) in [6.45, 7) is 5.63. The van der Waals surface area contributed by atoms with E-state index in [0.29, 0.717) is 21.7 Å². The third-order valence-corrected chi connectivity index (χ3v) is 6.09. The summed E-state index contributed by atoms with van der Waals surface area (Å²) in [5.74, 6) is 0.486. The molecule has 2 amide bonds. The van der Waals surface area contributed by atoms with Crippen molar-refractivity contribution in [2.24, 2.45) is 7.05 Å². The molecule has 0 aliphatic heterocycles. The summed E-state index contributed by atoms with van der Waals surface area (Å²) in [5.41, 5.74) is 2.41. The molecule has 152 valence electrons. The van der Waals surface area contributed by atoms with Gasteiger partial charge in [-0.25, -0.2) is 4.98 Å². The molecule has 0 fully saturated rings. The summed E-state index contributed by atoms with van der Waals surface area (Å²) in [5, 5.41) is 17.1. The zero-order valence-electron chi connectivity index (χ0n) is 16.6. The van der Waals surface area contributed by atoms with Crippen molar-refractivity contribution in [2.45, 2.75) is 32.0 Å². The molecule has 10 heteroatoms. The van der Waals surface area contributed by atoms with Crippen molar-refractivity contribution in [1.82, 2.24) is 25.1 Å². The van der Waals surface area contributed by atoms with Crippen molar-refractivity contribution in [2.75, 3.05) is 11.1 Å². The second kappa shape index (κ2) is 9.19. The number of hydrogen-bond acceptors (Lipinski definition) is 7. The molecule has 0 spiro atoms. The molecule has 3 rings (SSSR count). The van der Waals surface area contributed by atoms with Gasteiger partial charge in [-0.2, -0.15) is 0 Å². The van der Waals surface area contributed by atoms with Crippen LogP contribution in [0.25, 0.3) is 0 Å². The normalized spacial score (nSPS) is 11.9. The van der Waals surface area contributed by atoms with E-state index in [9.17, 15) is 9.59 Å². The molecule has 2 N–H and O–H groups in total. The van der Waals surface area contributed by atoms with E-state index in [1.807, 2.05) is 51.4 Å². The summed E-state index contributed by atoms with van der Waals surface area (Å²) in [6, 6.07) is 7.09. The standard InChI is InChI=1S/C19H22N6O2S2/c1-11-7-5-6-8-14(11)17(27)21-13(3)16-23-24-19(25(16)4)29-10-15(26)22-18-20-12(2)9-28-18/h5-9,13H,10H2,1-4H3,(H,21,27)(H,20,22,26)/t13-/m1/s1. The van der Waals surface area contributed by atoms with Crippen molar-refractivity contribution in [3.63, 3.8) is 0 Å². The first-order valence-electron chi connectivity index (χ1n) is 8.95. The van der Waals surface area contributed by atoms with E-state index in [1.165, 1.54) is 23.1 Å². The quantitative estimate of drug-likeness (QED) is 0.559. The number of anilines is 1. The van der Waals surface area contributed by atoms with Gasteiger partial charge in [0.2, 0.25) is 5.91 Å². The molecule has 0 bridgehead atoms. The van der Waals surface area contributed by atoms with Crippen LogP contribution in [-0.2, 0) is 11.8 Å². The van der Waals surface area contributed by atoms with Crippen LogP contribution in [0.3, 0.4) is 0 Å². The SMILES string of the molecule is Cc1csc(NC(=O)CSc2nnc([C@@H](C)NC(=O)c3ccccc3C)n2C)n1. The van der Waals surface area contributed by atoms with E-state index in [4.69, 9.17) is 0 Å². The number of hydrogen-bond donors (Lipinski definition) is 2. The number of carbonyl (C=O) groups is 2. The van der Waals surface area contributed by atoms with Crippen LogP contribution in [0, 0.1) is 13.8 Å². The van der Waals surface area contributed by atoms with Gasteiger partial charge in [-0.05, 0) is 32.4 Å². The Bertz CT molecular complexity index is 1030. The Kier molecular flexibility index (Phi) is 6.65. The van der Waals surface area contributed by atoms with Gasteiger partial charge in [0.25, 0.3) is 5.91 Å². The van der Waals surface area contributed by atoms with Gasteiger partial charge in [0, 0.05) is 18.0 Å². The summed E-state index contributed by atoms with van der Waals surface area (Å²) in [7, 11) is 1.82. The van der Waals surface area contributed by atoms with Crippen molar-refractivity contribution in [3.05, 3.63) is 52.3 Å². The predicted octanol–water partition coefficient (Wildman–Crippen LogP) is 3.11. The largest absolute Gasteiger partial charge is 0.342 e. The van der Waals surface area contributed by atoms with Crippen molar-refractivity contribution in [1.29, 1.82) is 0 Å². The maximum absolute atomic E-state index is 12.5. The minimum absolute atomic E-state index is 0.158. The van der Waals surface area contributed by atoms with Gasteiger partial charge >= 0.3 is 0 Å². The average molecular weight is 431 g/mol. The van der Waals surface area contributed by atoms with Crippen molar-refractivity contribution >= 4 is 40.0 Å². The van der Waals surface area contributed by atoms with Crippen LogP contribution in [-0.4, -0.2) is 37.3 Å². The number of rotatable bonds is 7. The van der Waals surface area contributed by atoms with Crippen LogP contribution >= 0.6 is 23.1 Å². The third-order valence-electron chi connectivity index (χ3n) is 4.19. The molecular formula is C19H22N6O2S2. The summed E-state index contributed by atoms with van der Waals surface area (Å²) < 4.78 is 1.79. The topological polar surface area (TPSA) is 102 Å². The Labute approximate surface area is 177 Å². The van der Waals surface area contributed by atoms with E-state index in [1.54, 1.807) is 10.6 Å². The lowest BCUT2D eigenvalue weighted by Crippen LogP contribution is -2.29. The van der Waals surface area contributed by atoms with Gasteiger partial charge in [0.1, 0.15) is 0 Å². The number of carbonyl (C=O) groups excluding carboxylic acids is 2. The lowest BCUT2D eigenvalue weighted by molar-refractivity contribution is -0.113. The lowest BCUT2D eigenvalue weighted by Gasteiger charge is -2.14. The highest BCUT2D eigenvalue weighted by Crippen LogP contribution is 2.21. The van der Waals surface area contributed by atoms with Gasteiger partial charge < -0.3 is 15.2 Å². The van der Waals surface area contributed by atoms with E-state index >= 15 is 0 Å². The highest BCUT2D eigenvalue weighted by molar-refractivity contribution is 7.99. The number of aryl methyl sites for hydroxylation is 2. The van der Waals surface area contributed by atoms with Gasteiger partial charge in [0.15, 0.2) is 16.1 Å². The Balaban J connectivity index is 1.59. The molecular weight excluding hydrogens is 408 g/mol. The Morgan fingerprint density at radius 3 is 2.69 bits per heavy atom. The summed E-state index contributed by atoms with van der Waals surface area (Å²) in [6.07, 6.45) is 0. The van der Waals surface area contributed by atoms with E-state index in [0.717, 1.165) is 11.3 Å². The van der Waals surface area contributed by atoms with Crippen LogP contribution in [0.5, 0.6) is 0 Å². The lowest BCUT2D eigenvalue weighted by atomic mass is 10.1. The first-order chi connectivity index (χ1) is 13.8. The maximum atomic E-state index is 12.5. The monoisotopic (exact) mass is 430 g/mol. The minimum Gasteiger partial charge on any atom is -0.342 e.